The van der Waals surface area contributed by atoms with Gasteiger partial charge in [0.05, 0.1) is 23.5 Å². The van der Waals surface area contributed by atoms with Gasteiger partial charge in [-0.2, -0.15) is 0 Å². The molecule has 1 aromatic heterocycles. The first-order chi connectivity index (χ1) is 13.8. The van der Waals surface area contributed by atoms with Crippen LogP contribution in [0.2, 0.25) is 0 Å². The maximum absolute atomic E-state index is 13.4. The minimum Gasteiger partial charge on any atom is -0.375 e. The van der Waals surface area contributed by atoms with Crippen molar-refractivity contribution in [3.8, 4) is 0 Å². The van der Waals surface area contributed by atoms with Crippen molar-refractivity contribution in [1.82, 2.24) is 0 Å². The molecule has 1 aliphatic rings. The number of halogens is 1. The first-order valence-corrected chi connectivity index (χ1v) is 10.9. The molecule has 1 N–H and O–H groups in total. The Morgan fingerprint density at radius 2 is 1.97 bits per heavy atom. The number of benzene rings is 2. The summed E-state index contributed by atoms with van der Waals surface area (Å²) in [6.07, 6.45) is -0.279. The lowest BCUT2D eigenvalue weighted by Gasteiger charge is -2.23. The molecule has 4 nitrogen and oxygen atoms in total. The number of ketones is 1. The van der Waals surface area contributed by atoms with Crippen molar-refractivity contribution in [2.24, 2.45) is 0 Å². The molecule has 4 rings (SSSR count). The van der Waals surface area contributed by atoms with Gasteiger partial charge in [0.25, 0.3) is 5.91 Å². The van der Waals surface area contributed by atoms with Gasteiger partial charge in [0.2, 0.25) is 0 Å². The number of rotatable bonds is 5. The molecule has 2 heterocycles. The van der Waals surface area contributed by atoms with E-state index in [4.69, 9.17) is 0 Å². The molecule has 1 amide bonds. The fraction of sp³-hybridized carbons (Fsp3) is 0.217. The maximum Gasteiger partial charge on any atom is 0.264 e. The number of hydrogen-bond acceptors (Lipinski definition) is 4. The van der Waals surface area contributed by atoms with Crippen molar-refractivity contribution in [1.29, 1.82) is 0 Å². The molecule has 6 heteroatoms. The lowest BCUT2D eigenvalue weighted by molar-refractivity contribution is -0.136. The molecule has 0 bridgehead atoms. The van der Waals surface area contributed by atoms with E-state index in [1.54, 1.807) is 23.1 Å². The summed E-state index contributed by atoms with van der Waals surface area (Å²) in [6.45, 7) is 4.38. The van der Waals surface area contributed by atoms with E-state index in [1.807, 2.05) is 43.5 Å². The third kappa shape index (κ3) is 3.56. The van der Waals surface area contributed by atoms with Crippen LogP contribution in [0.5, 0.6) is 0 Å². The third-order valence-corrected chi connectivity index (χ3v) is 6.74. The van der Waals surface area contributed by atoms with Gasteiger partial charge in [-0.25, -0.2) is 0 Å². The lowest BCUT2D eigenvalue weighted by Crippen LogP contribution is -2.41. The first-order valence-electron chi connectivity index (χ1n) is 9.27. The number of amides is 1. The number of carbonyl (C=O) groups excluding carboxylic acids is 2. The molecule has 1 atom stereocenters. The quantitative estimate of drug-likeness (QED) is 0.526. The van der Waals surface area contributed by atoms with Gasteiger partial charge in [-0.3, -0.25) is 9.59 Å². The van der Waals surface area contributed by atoms with E-state index < -0.39 is 11.5 Å². The normalized spacial score (nSPS) is 18.2. The van der Waals surface area contributed by atoms with E-state index in [0.29, 0.717) is 22.7 Å². The molecular weight excluding hydrogens is 450 g/mol. The predicted molar refractivity (Wildman–Crippen MR) is 118 cm³/mol. The predicted octanol–water partition coefficient (Wildman–Crippen LogP) is 5.13. The Labute approximate surface area is 181 Å². The van der Waals surface area contributed by atoms with E-state index in [-0.39, 0.29) is 12.2 Å². The van der Waals surface area contributed by atoms with Gasteiger partial charge >= 0.3 is 0 Å². The minimum absolute atomic E-state index is 0.241. The minimum atomic E-state index is -1.88. The Morgan fingerprint density at radius 3 is 2.66 bits per heavy atom. The number of anilines is 1. The lowest BCUT2D eigenvalue weighted by atomic mass is 9.89. The van der Waals surface area contributed by atoms with E-state index in [9.17, 15) is 14.7 Å². The van der Waals surface area contributed by atoms with Gasteiger partial charge in [0.15, 0.2) is 11.4 Å². The Morgan fingerprint density at radius 1 is 1.17 bits per heavy atom. The van der Waals surface area contributed by atoms with Crippen LogP contribution in [0.4, 0.5) is 5.69 Å². The second-order valence-electron chi connectivity index (χ2n) is 7.42. The van der Waals surface area contributed by atoms with Gasteiger partial charge in [-0.1, -0.05) is 45.8 Å². The van der Waals surface area contributed by atoms with Crippen molar-refractivity contribution < 1.29 is 14.7 Å². The maximum atomic E-state index is 13.4. The molecule has 0 radical (unpaired) electrons. The summed E-state index contributed by atoms with van der Waals surface area (Å²) < 4.78 is 0.749. The summed E-state index contributed by atoms with van der Waals surface area (Å²) in [6, 6.07) is 15.0. The van der Waals surface area contributed by atoms with E-state index in [2.05, 4.69) is 22.0 Å². The molecule has 0 aliphatic carbocycles. The van der Waals surface area contributed by atoms with Crippen LogP contribution in [0.15, 0.2) is 58.4 Å². The Kier molecular flexibility index (Phi) is 5.19. The highest BCUT2D eigenvalue weighted by atomic mass is 79.9. The fourth-order valence-corrected chi connectivity index (χ4v) is 4.83. The van der Waals surface area contributed by atoms with Crippen LogP contribution in [0.25, 0.3) is 0 Å². The molecule has 0 spiro atoms. The first kappa shape index (κ1) is 20.0. The molecule has 0 saturated heterocycles. The molecule has 0 fully saturated rings. The molecule has 0 unspecified atom stereocenters. The monoisotopic (exact) mass is 469 g/mol. The highest BCUT2D eigenvalue weighted by Gasteiger charge is 2.51. The molecule has 148 valence electrons. The largest absolute Gasteiger partial charge is 0.375 e. The second-order valence-corrected chi connectivity index (χ2v) is 9.28. The molecule has 3 aromatic rings. The zero-order valence-corrected chi connectivity index (χ0v) is 18.5. The van der Waals surface area contributed by atoms with E-state index in [1.165, 1.54) is 11.3 Å². The zero-order valence-electron chi connectivity index (χ0n) is 16.1. The highest BCUT2D eigenvalue weighted by Crippen LogP contribution is 2.45. The van der Waals surface area contributed by atoms with Gasteiger partial charge < -0.3 is 10.0 Å². The van der Waals surface area contributed by atoms with Crippen molar-refractivity contribution >= 4 is 44.6 Å². The van der Waals surface area contributed by atoms with Crippen LogP contribution < -0.4 is 4.90 Å². The number of hydrogen-bond donors (Lipinski definition) is 1. The highest BCUT2D eigenvalue weighted by molar-refractivity contribution is 9.10. The Bertz CT molecular complexity index is 1110. The van der Waals surface area contributed by atoms with Crippen LogP contribution in [0.1, 0.15) is 38.3 Å². The van der Waals surface area contributed by atoms with E-state index >= 15 is 0 Å². The number of aryl methyl sites for hydroxylation is 2. The summed E-state index contributed by atoms with van der Waals surface area (Å²) in [7, 11) is 0. The van der Waals surface area contributed by atoms with Gasteiger partial charge in [0, 0.05) is 10.0 Å². The summed E-state index contributed by atoms with van der Waals surface area (Å²) in [5, 5.41) is 13.2. The number of thiophene rings is 1. The van der Waals surface area contributed by atoms with Crippen molar-refractivity contribution in [2.75, 3.05) is 4.90 Å². The molecule has 2 aromatic carbocycles. The molecular formula is C23H20BrNO3S. The molecule has 29 heavy (non-hydrogen) atoms. The Balaban J connectivity index is 1.73. The summed E-state index contributed by atoms with van der Waals surface area (Å²) in [5.74, 6) is -0.703. The van der Waals surface area contributed by atoms with Gasteiger partial charge in [0.1, 0.15) is 0 Å². The van der Waals surface area contributed by atoms with Gasteiger partial charge in [-0.05, 0) is 54.6 Å². The van der Waals surface area contributed by atoms with Crippen LogP contribution in [0, 0.1) is 13.8 Å². The Hall–Kier alpha value is -2.28. The topological polar surface area (TPSA) is 57.6 Å². The molecule has 0 saturated carbocycles. The summed E-state index contributed by atoms with van der Waals surface area (Å²) in [4.78, 5) is 28.2. The number of nitrogens with zero attached hydrogens (tertiary/aromatic N) is 1. The average Bonchev–Trinajstić information content (AvgIpc) is 3.27. The number of Topliss-reactive ketones (excluding diaryl/α,β-unsaturated/α-hetero) is 1. The number of fused-ring (bicyclic) bond motifs is 1. The van der Waals surface area contributed by atoms with Crippen LogP contribution in [-0.4, -0.2) is 16.8 Å². The van der Waals surface area contributed by atoms with Crippen LogP contribution >= 0.6 is 27.3 Å². The van der Waals surface area contributed by atoms with Crippen LogP contribution in [-0.2, 0) is 16.9 Å². The third-order valence-electron chi connectivity index (χ3n) is 5.33. The van der Waals surface area contributed by atoms with Crippen molar-refractivity contribution in [2.45, 2.75) is 32.4 Å². The fourth-order valence-electron chi connectivity index (χ4n) is 3.80. The van der Waals surface area contributed by atoms with Crippen LogP contribution in [0.3, 0.4) is 0 Å². The molecule has 1 aliphatic heterocycles. The summed E-state index contributed by atoms with van der Waals surface area (Å²) in [5.41, 5.74) is 2.47. The number of carbonyl (C=O) groups is 2. The summed E-state index contributed by atoms with van der Waals surface area (Å²) >= 11 is 4.73. The standard InChI is InChI=1S/C23H20BrNO3S/c1-14-5-6-16(15(2)10-14)13-25-19-8-7-17(24)11-18(19)23(28,22(25)27)12-20(26)21-4-3-9-29-21/h3-11,28H,12-13H2,1-2H3/t23-/m0/s1. The van der Waals surface area contributed by atoms with Crippen molar-refractivity contribution in [3.05, 3.63) is 85.5 Å². The van der Waals surface area contributed by atoms with Gasteiger partial charge in [-0.15, -0.1) is 11.3 Å². The average molecular weight is 470 g/mol. The SMILES string of the molecule is Cc1ccc(CN2C(=O)[C@](O)(CC(=O)c3cccs3)c3cc(Br)ccc32)c(C)c1. The smallest absolute Gasteiger partial charge is 0.264 e. The number of aliphatic hydroxyl groups is 1. The van der Waals surface area contributed by atoms with Crippen molar-refractivity contribution in [3.63, 3.8) is 0 Å². The second kappa shape index (κ2) is 7.52. The van der Waals surface area contributed by atoms with E-state index in [0.717, 1.165) is 21.2 Å². The zero-order chi connectivity index (χ0) is 20.8.